The van der Waals surface area contributed by atoms with Gasteiger partial charge in [-0.25, -0.2) is 4.39 Å². The molecule has 0 saturated heterocycles. The van der Waals surface area contributed by atoms with Gasteiger partial charge in [0.25, 0.3) is 0 Å². The van der Waals surface area contributed by atoms with Crippen molar-refractivity contribution in [3.63, 3.8) is 0 Å². The highest BCUT2D eigenvalue weighted by Crippen LogP contribution is 2.56. The van der Waals surface area contributed by atoms with Crippen molar-refractivity contribution in [1.82, 2.24) is 5.32 Å². The van der Waals surface area contributed by atoms with Gasteiger partial charge in [-0.05, 0) is 100 Å². The van der Waals surface area contributed by atoms with Crippen LogP contribution in [-0.4, -0.2) is 28.4 Å². The highest BCUT2D eigenvalue weighted by Gasteiger charge is 2.50. The summed E-state index contributed by atoms with van der Waals surface area (Å²) in [4.78, 5) is 16.7. The van der Waals surface area contributed by atoms with E-state index in [1.807, 2.05) is 27.0 Å². The molecular formula is C23H31FN2O2. The summed E-state index contributed by atoms with van der Waals surface area (Å²) < 4.78 is 13.8. The average molecular weight is 387 g/mol. The number of halogens is 1. The van der Waals surface area contributed by atoms with Gasteiger partial charge >= 0.3 is 0 Å². The first-order valence-corrected chi connectivity index (χ1v) is 10.5. The fraction of sp³-hybridized carbons (Fsp3) is 0.652. The van der Waals surface area contributed by atoms with E-state index in [0.717, 1.165) is 30.5 Å². The van der Waals surface area contributed by atoms with E-state index in [4.69, 9.17) is 0 Å². The summed E-state index contributed by atoms with van der Waals surface area (Å²) in [5.41, 5.74) is 0.767. The Morgan fingerprint density at radius 3 is 2.57 bits per heavy atom. The Balaban J connectivity index is 1.40. The summed E-state index contributed by atoms with van der Waals surface area (Å²) in [6.07, 6.45) is 6.49. The molecule has 5 heteroatoms. The molecule has 0 radical (unpaired) electrons. The fourth-order valence-electron chi connectivity index (χ4n) is 5.83. The molecule has 2 saturated carbocycles. The van der Waals surface area contributed by atoms with Crippen LogP contribution >= 0.6 is 0 Å². The van der Waals surface area contributed by atoms with Crippen molar-refractivity contribution in [2.75, 3.05) is 0 Å². The zero-order valence-electron chi connectivity index (χ0n) is 17.0. The minimum atomic E-state index is -0.881. The summed E-state index contributed by atoms with van der Waals surface area (Å²) in [5.74, 6) is 1.45. The molecule has 4 rings (SSSR count). The van der Waals surface area contributed by atoms with Crippen LogP contribution in [0.4, 0.5) is 10.1 Å². The van der Waals surface area contributed by atoms with Crippen LogP contribution in [0.1, 0.15) is 70.8 Å². The van der Waals surface area contributed by atoms with Crippen molar-refractivity contribution < 1.29 is 14.3 Å². The monoisotopic (exact) mass is 386 g/mol. The largest absolute Gasteiger partial charge is 0.389 e. The van der Waals surface area contributed by atoms with Gasteiger partial charge in [0.2, 0.25) is 5.91 Å². The molecule has 1 aromatic rings. The highest BCUT2D eigenvalue weighted by molar-refractivity contribution is 5.77. The number of aliphatic imine (C=N–C) groups is 1. The van der Waals surface area contributed by atoms with Crippen LogP contribution < -0.4 is 5.32 Å². The number of hydrogen-bond acceptors (Lipinski definition) is 3. The van der Waals surface area contributed by atoms with Gasteiger partial charge in [-0.1, -0.05) is 0 Å². The Bertz CT molecular complexity index is 784. The van der Waals surface area contributed by atoms with Gasteiger partial charge in [0.15, 0.2) is 0 Å². The predicted molar refractivity (Wildman–Crippen MR) is 108 cm³/mol. The van der Waals surface area contributed by atoms with Crippen molar-refractivity contribution in [3.8, 4) is 0 Å². The van der Waals surface area contributed by atoms with Crippen molar-refractivity contribution in [3.05, 3.63) is 29.6 Å². The third-order valence-corrected chi connectivity index (χ3v) is 6.71. The first-order valence-electron chi connectivity index (χ1n) is 10.5. The van der Waals surface area contributed by atoms with E-state index in [-0.39, 0.29) is 23.7 Å². The summed E-state index contributed by atoms with van der Waals surface area (Å²) in [7, 11) is 0. The molecule has 2 aliphatic carbocycles. The van der Waals surface area contributed by atoms with Gasteiger partial charge in [-0.2, -0.15) is 0 Å². The van der Waals surface area contributed by atoms with Gasteiger partial charge in [0, 0.05) is 11.8 Å². The number of benzene rings is 1. The van der Waals surface area contributed by atoms with Gasteiger partial charge in [0.05, 0.1) is 17.7 Å². The van der Waals surface area contributed by atoms with E-state index < -0.39 is 5.60 Å². The van der Waals surface area contributed by atoms with E-state index in [1.165, 1.54) is 6.07 Å². The summed E-state index contributed by atoms with van der Waals surface area (Å²) >= 11 is 0. The van der Waals surface area contributed by atoms with E-state index in [0.29, 0.717) is 36.5 Å². The van der Waals surface area contributed by atoms with Gasteiger partial charge in [-0.3, -0.25) is 9.79 Å². The van der Waals surface area contributed by atoms with Crippen LogP contribution in [0.3, 0.4) is 0 Å². The molecule has 0 bridgehead atoms. The summed E-state index contributed by atoms with van der Waals surface area (Å²) in [6.45, 7) is 5.87. The van der Waals surface area contributed by atoms with Crippen LogP contribution in [0.5, 0.6) is 0 Å². The number of nitrogens with one attached hydrogen (secondary N) is 1. The predicted octanol–water partition coefficient (Wildman–Crippen LogP) is 4.49. The molecule has 3 aliphatic rings. The number of fused-ring (bicyclic) bond motifs is 2. The molecule has 152 valence electrons. The Labute approximate surface area is 166 Å². The maximum Gasteiger partial charge on any atom is 0.223 e. The second-order valence-electron chi connectivity index (χ2n) is 10.2. The fourth-order valence-corrected chi connectivity index (χ4v) is 5.83. The quantitative estimate of drug-likeness (QED) is 0.804. The number of carbonyl (C=O) groups is 1. The van der Waals surface area contributed by atoms with Crippen LogP contribution in [0.2, 0.25) is 0 Å². The first kappa shape index (κ1) is 19.6. The van der Waals surface area contributed by atoms with Crippen molar-refractivity contribution in [1.29, 1.82) is 0 Å². The number of carbonyl (C=O) groups excluding carboxylic acids is 1. The second kappa shape index (κ2) is 6.94. The first-order chi connectivity index (χ1) is 13.1. The molecular weight excluding hydrogens is 355 g/mol. The van der Waals surface area contributed by atoms with Gasteiger partial charge < -0.3 is 10.4 Å². The number of aliphatic hydroxyl groups is 1. The zero-order valence-corrected chi connectivity index (χ0v) is 17.0. The third-order valence-electron chi connectivity index (χ3n) is 6.71. The highest BCUT2D eigenvalue weighted by atomic mass is 19.1. The normalized spacial score (nSPS) is 34.2. The Morgan fingerprint density at radius 1 is 1.25 bits per heavy atom. The lowest BCUT2D eigenvalue weighted by Gasteiger charge is -2.30. The standard InChI is InChI=1S/C23H31FN2O2/c1-22(2,3)26-21(27)13-23(28)11-15-8-14(9-16(15)12-23)18-6-7-25-20-5-4-17(24)10-19(18)20/h4-5,7,10,14-16,18,28H,6,8-9,11-13H2,1-3H3,(H,26,27)/t14-,15-,16+,18?,23?. The topological polar surface area (TPSA) is 61.7 Å². The Morgan fingerprint density at radius 2 is 1.93 bits per heavy atom. The Kier molecular flexibility index (Phi) is 4.85. The zero-order chi connectivity index (χ0) is 20.1. The lowest BCUT2D eigenvalue weighted by Crippen LogP contribution is -2.44. The van der Waals surface area contributed by atoms with E-state index >= 15 is 0 Å². The molecule has 2 unspecified atom stereocenters. The van der Waals surface area contributed by atoms with Gasteiger partial charge in [0.1, 0.15) is 5.82 Å². The molecule has 0 aromatic heterocycles. The molecule has 1 amide bonds. The lowest BCUT2D eigenvalue weighted by atomic mass is 9.78. The molecule has 4 nitrogen and oxygen atoms in total. The van der Waals surface area contributed by atoms with Gasteiger partial charge in [-0.15, -0.1) is 0 Å². The number of rotatable bonds is 3. The number of nitrogens with zero attached hydrogens (tertiary/aromatic N) is 1. The van der Waals surface area contributed by atoms with Crippen molar-refractivity contribution in [2.24, 2.45) is 22.7 Å². The van der Waals surface area contributed by atoms with E-state index in [1.54, 1.807) is 12.1 Å². The minimum absolute atomic E-state index is 0.0700. The number of hydrogen-bond donors (Lipinski definition) is 2. The molecule has 1 aliphatic heterocycles. The lowest BCUT2D eigenvalue weighted by molar-refractivity contribution is -0.127. The van der Waals surface area contributed by atoms with Crippen molar-refractivity contribution >= 4 is 17.8 Å². The third kappa shape index (κ3) is 4.00. The molecule has 2 fully saturated rings. The summed E-state index contributed by atoms with van der Waals surface area (Å²) in [5, 5.41) is 14.0. The van der Waals surface area contributed by atoms with Crippen LogP contribution in [0.15, 0.2) is 23.2 Å². The molecule has 5 atom stereocenters. The summed E-state index contributed by atoms with van der Waals surface area (Å²) in [6, 6.07) is 4.90. The van der Waals surface area contributed by atoms with E-state index in [9.17, 15) is 14.3 Å². The molecule has 0 spiro atoms. The van der Waals surface area contributed by atoms with E-state index in [2.05, 4.69) is 10.3 Å². The molecule has 1 heterocycles. The van der Waals surface area contributed by atoms with Crippen LogP contribution in [0, 0.1) is 23.6 Å². The smallest absolute Gasteiger partial charge is 0.223 e. The maximum atomic E-state index is 13.8. The average Bonchev–Trinajstić information content (AvgIpc) is 3.06. The minimum Gasteiger partial charge on any atom is -0.389 e. The van der Waals surface area contributed by atoms with Crippen molar-refractivity contribution in [2.45, 2.75) is 76.4 Å². The second-order valence-corrected chi connectivity index (χ2v) is 10.2. The Hall–Kier alpha value is -1.75. The maximum absolute atomic E-state index is 13.8. The van der Waals surface area contributed by atoms with Crippen LogP contribution in [-0.2, 0) is 4.79 Å². The van der Waals surface area contributed by atoms with Crippen LogP contribution in [0.25, 0.3) is 0 Å². The molecule has 28 heavy (non-hydrogen) atoms. The molecule has 1 aromatic carbocycles. The number of amides is 1. The molecule has 2 N–H and O–H groups in total. The SMILES string of the molecule is CC(C)(C)NC(=O)CC1(O)C[C@H]2C[C@@H](C3CC=Nc4ccc(F)cc43)C[C@H]2C1.